The molecule has 0 N–H and O–H groups in total. The van der Waals surface area contributed by atoms with Gasteiger partial charge in [0.2, 0.25) is 0 Å². The summed E-state index contributed by atoms with van der Waals surface area (Å²) in [5.74, 6) is 0.896. The first-order valence-electron chi connectivity index (χ1n) is 8.88. The molecule has 0 saturated heterocycles. The van der Waals surface area contributed by atoms with Gasteiger partial charge in [0.1, 0.15) is 17.4 Å². The Morgan fingerprint density at radius 3 is 2.63 bits per heavy atom. The maximum absolute atomic E-state index is 12.4. The lowest BCUT2D eigenvalue weighted by molar-refractivity contribution is 0.0783. The molecule has 0 aliphatic rings. The number of ether oxygens (including phenoxy) is 1. The third kappa shape index (κ3) is 4.74. The highest BCUT2D eigenvalue weighted by molar-refractivity contribution is 7.09. The SMILES string of the molecule is Cc1cc(C)c(C)c(OCc2nc(CN(C)C(=O)c3ccccc3)cs2)c1. The number of aromatic nitrogens is 1. The number of thiazole rings is 1. The highest BCUT2D eigenvalue weighted by Crippen LogP contribution is 2.25. The zero-order valence-corrected chi connectivity index (χ0v) is 17.0. The number of hydrogen-bond acceptors (Lipinski definition) is 4. The van der Waals surface area contributed by atoms with Crippen molar-refractivity contribution in [3.63, 3.8) is 0 Å². The molecule has 1 aromatic heterocycles. The number of nitrogens with zero attached hydrogens (tertiary/aromatic N) is 2. The lowest BCUT2D eigenvalue weighted by Crippen LogP contribution is -2.26. The highest BCUT2D eigenvalue weighted by Gasteiger charge is 2.13. The Bertz CT molecular complexity index is 935. The van der Waals surface area contributed by atoms with E-state index >= 15 is 0 Å². The molecule has 0 aliphatic carbocycles. The molecular formula is C22H24N2O2S. The molecule has 0 fully saturated rings. The van der Waals surface area contributed by atoms with Crippen LogP contribution in [0.2, 0.25) is 0 Å². The van der Waals surface area contributed by atoms with Gasteiger partial charge in [0.05, 0.1) is 12.2 Å². The zero-order chi connectivity index (χ0) is 19.4. The van der Waals surface area contributed by atoms with E-state index in [1.165, 1.54) is 11.1 Å². The van der Waals surface area contributed by atoms with Gasteiger partial charge in [-0.15, -0.1) is 11.3 Å². The van der Waals surface area contributed by atoms with Crippen molar-refractivity contribution in [2.75, 3.05) is 7.05 Å². The van der Waals surface area contributed by atoms with Gasteiger partial charge in [-0.3, -0.25) is 4.79 Å². The maximum Gasteiger partial charge on any atom is 0.253 e. The van der Waals surface area contributed by atoms with Crippen molar-refractivity contribution in [3.05, 3.63) is 80.8 Å². The zero-order valence-electron chi connectivity index (χ0n) is 16.2. The molecule has 3 aromatic rings. The van der Waals surface area contributed by atoms with Crippen LogP contribution in [-0.2, 0) is 13.2 Å². The van der Waals surface area contributed by atoms with Crippen LogP contribution in [0.5, 0.6) is 5.75 Å². The third-order valence-corrected chi connectivity index (χ3v) is 5.35. The van der Waals surface area contributed by atoms with E-state index in [1.54, 1.807) is 23.3 Å². The molecule has 27 heavy (non-hydrogen) atoms. The summed E-state index contributed by atoms with van der Waals surface area (Å²) in [6.45, 7) is 7.15. The molecule has 1 amide bonds. The topological polar surface area (TPSA) is 42.4 Å². The van der Waals surface area contributed by atoms with Crippen LogP contribution < -0.4 is 4.74 Å². The maximum atomic E-state index is 12.4. The Hall–Kier alpha value is -2.66. The third-order valence-electron chi connectivity index (χ3n) is 4.48. The number of amides is 1. The minimum Gasteiger partial charge on any atom is -0.486 e. The average molecular weight is 381 g/mol. The summed E-state index contributed by atoms with van der Waals surface area (Å²) in [7, 11) is 1.80. The van der Waals surface area contributed by atoms with Gasteiger partial charge in [0.25, 0.3) is 5.91 Å². The van der Waals surface area contributed by atoms with Gasteiger partial charge in [-0.1, -0.05) is 24.3 Å². The fourth-order valence-corrected chi connectivity index (χ4v) is 3.59. The van der Waals surface area contributed by atoms with Gasteiger partial charge < -0.3 is 9.64 Å². The van der Waals surface area contributed by atoms with Gasteiger partial charge in [-0.25, -0.2) is 4.98 Å². The van der Waals surface area contributed by atoms with Crippen LogP contribution in [0.25, 0.3) is 0 Å². The number of aryl methyl sites for hydroxylation is 2. The van der Waals surface area contributed by atoms with Crippen LogP contribution >= 0.6 is 11.3 Å². The van der Waals surface area contributed by atoms with Gasteiger partial charge in [-0.05, 0) is 55.7 Å². The molecule has 0 bridgehead atoms. The van der Waals surface area contributed by atoms with Crippen LogP contribution in [0, 0.1) is 20.8 Å². The fraction of sp³-hybridized carbons (Fsp3) is 0.273. The first-order chi connectivity index (χ1) is 12.9. The van der Waals surface area contributed by atoms with Gasteiger partial charge in [-0.2, -0.15) is 0 Å². The molecule has 0 aliphatic heterocycles. The fourth-order valence-electron chi connectivity index (χ4n) is 2.89. The number of carbonyl (C=O) groups is 1. The van der Waals surface area contributed by atoms with E-state index in [1.807, 2.05) is 35.7 Å². The monoisotopic (exact) mass is 380 g/mol. The van der Waals surface area contributed by atoms with Crippen molar-refractivity contribution in [1.82, 2.24) is 9.88 Å². The summed E-state index contributed by atoms with van der Waals surface area (Å²) in [5, 5.41) is 2.89. The van der Waals surface area contributed by atoms with Crippen LogP contribution in [0.1, 0.15) is 37.7 Å². The van der Waals surface area contributed by atoms with Gasteiger partial charge in [0, 0.05) is 18.0 Å². The summed E-state index contributed by atoms with van der Waals surface area (Å²) >= 11 is 1.56. The predicted molar refractivity (Wildman–Crippen MR) is 109 cm³/mol. The second-order valence-corrected chi connectivity index (χ2v) is 7.70. The molecule has 0 spiro atoms. The largest absolute Gasteiger partial charge is 0.486 e. The molecule has 2 aromatic carbocycles. The van der Waals surface area contributed by atoms with Crippen molar-refractivity contribution < 1.29 is 9.53 Å². The molecule has 5 heteroatoms. The van der Waals surface area contributed by atoms with E-state index in [9.17, 15) is 4.79 Å². The molecule has 1 heterocycles. The summed E-state index contributed by atoms with van der Waals surface area (Å²) < 4.78 is 5.99. The van der Waals surface area contributed by atoms with Crippen molar-refractivity contribution in [3.8, 4) is 5.75 Å². The van der Waals surface area contributed by atoms with Crippen LogP contribution in [0.15, 0.2) is 47.8 Å². The number of hydrogen-bond donors (Lipinski definition) is 0. The Labute approximate surface area is 164 Å². The number of benzene rings is 2. The number of rotatable bonds is 6. The normalized spacial score (nSPS) is 10.7. The van der Waals surface area contributed by atoms with Crippen molar-refractivity contribution in [1.29, 1.82) is 0 Å². The summed E-state index contributed by atoms with van der Waals surface area (Å²) in [6.07, 6.45) is 0. The predicted octanol–water partition coefficient (Wildman–Crippen LogP) is 4.92. The quantitative estimate of drug-likeness (QED) is 0.610. The minimum atomic E-state index is -0.00717. The molecule has 0 unspecified atom stereocenters. The van der Waals surface area contributed by atoms with Crippen LogP contribution in [0.3, 0.4) is 0 Å². The highest BCUT2D eigenvalue weighted by atomic mass is 32.1. The van der Waals surface area contributed by atoms with E-state index < -0.39 is 0 Å². The molecular weight excluding hydrogens is 356 g/mol. The Kier molecular flexibility index (Phi) is 5.91. The van der Waals surface area contributed by atoms with E-state index in [0.717, 1.165) is 22.0 Å². The van der Waals surface area contributed by atoms with E-state index in [0.29, 0.717) is 18.7 Å². The Morgan fingerprint density at radius 1 is 1.15 bits per heavy atom. The lowest BCUT2D eigenvalue weighted by Gasteiger charge is -2.15. The minimum absolute atomic E-state index is 0.00717. The molecule has 4 nitrogen and oxygen atoms in total. The second kappa shape index (κ2) is 8.35. The smallest absolute Gasteiger partial charge is 0.253 e. The first kappa shape index (κ1) is 19.1. The van der Waals surface area contributed by atoms with Crippen LogP contribution in [0.4, 0.5) is 0 Å². The number of carbonyl (C=O) groups excluding carboxylic acids is 1. The van der Waals surface area contributed by atoms with Crippen molar-refractivity contribution in [2.24, 2.45) is 0 Å². The molecule has 0 saturated carbocycles. The molecule has 0 atom stereocenters. The summed E-state index contributed by atoms with van der Waals surface area (Å²) in [6, 6.07) is 13.5. The van der Waals surface area contributed by atoms with E-state index in [4.69, 9.17) is 4.74 Å². The lowest BCUT2D eigenvalue weighted by atomic mass is 10.1. The van der Waals surface area contributed by atoms with Crippen molar-refractivity contribution in [2.45, 2.75) is 33.9 Å². The standard InChI is InChI=1S/C22H24N2O2S/c1-15-10-16(2)17(3)20(11-15)26-13-21-23-19(14-27-21)12-24(4)22(25)18-8-6-5-7-9-18/h5-11,14H,12-13H2,1-4H3. The van der Waals surface area contributed by atoms with E-state index in [-0.39, 0.29) is 5.91 Å². The molecule has 140 valence electrons. The van der Waals surface area contributed by atoms with Crippen molar-refractivity contribution >= 4 is 17.2 Å². The van der Waals surface area contributed by atoms with Gasteiger partial charge in [0.15, 0.2) is 0 Å². The Morgan fingerprint density at radius 2 is 1.89 bits per heavy atom. The summed E-state index contributed by atoms with van der Waals surface area (Å²) in [4.78, 5) is 18.7. The van der Waals surface area contributed by atoms with E-state index in [2.05, 4.69) is 37.9 Å². The Balaban J connectivity index is 1.61. The average Bonchev–Trinajstić information content (AvgIpc) is 3.10. The second-order valence-electron chi connectivity index (χ2n) is 6.75. The molecule has 0 radical (unpaired) electrons. The first-order valence-corrected chi connectivity index (χ1v) is 9.76. The molecule has 3 rings (SSSR count). The summed E-state index contributed by atoms with van der Waals surface area (Å²) in [5.41, 5.74) is 5.14. The van der Waals surface area contributed by atoms with Crippen LogP contribution in [-0.4, -0.2) is 22.8 Å². The van der Waals surface area contributed by atoms with Gasteiger partial charge >= 0.3 is 0 Å².